The number of nitrogens with zero attached hydrogens (tertiary/aromatic N) is 5. The average molecular weight is 576 g/mol. The van der Waals surface area contributed by atoms with Crippen LogP contribution in [0.25, 0.3) is 46.4 Å². The van der Waals surface area contributed by atoms with Gasteiger partial charge in [0.05, 0.1) is 22.8 Å². The molecule has 8 nitrogen and oxygen atoms in total. The molecule has 4 aromatic rings. The number of aromatic amines is 3. The molecule has 6 heterocycles. The van der Waals surface area contributed by atoms with Gasteiger partial charge in [-0.1, -0.05) is 5.21 Å². The Morgan fingerprint density at radius 3 is 1.47 bits per heavy atom. The van der Waals surface area contributed by atoms with Gasteiger partial charge >= 0.3 is 22.4 Å². The van der Waals surface area contributed by atoms with Crippen LogP contribution in [0.4, 0.5) is 0 Å². The van der Waals surface area contributed by atoms with Crippen molar-refractivity contribution in [3.63, 3.8) is 0 Å². The molecule has 0 saturated carbocycles. The zero-order valence-corrected chi connectivity index (χ0v) is 17.6. The fourth-order valence-electron chi connectivity index (χ4n) is 3.06. The van der Waals surface area contributed by atoms with Crippen LogP contribution in [0.3, 0.4) is 0 Å². The summed E-state index contributed by atoms with van der Waals surface area (Å²) in [6, 6.07) is 16.4. The van der Waals surface area contributed by atoms with E-state index in [4.69, 9.17) is 0 Å². The Hall–Kier alpha value is -3.59. The van der Waals surface area contributed by atoms with Gasteiger partial charge in [0, 0.05) is 22.1 Å². The van der Waals surface area contributed by atoms with Gasteiger partial charge in [-0.3, -0.25) is 0 Å². The van der Waals surface area contributed by atoms with Crippen LogP contribution in [0, 0.1) is 6.33 Å². The van der Waals surface area contributed by atoms with E-state index in [2.05, 4.69) is 77.2 Å². The minimum atomic E-state index is 0. The SMILES string of the molecule is C1=Cc2cc3ccc(cc4ccc(cc5nc(cc1n2)C=C5)[nH]4)[nH]3.[Au+].[c-]1nn[nH]n1. The maximum Gasteiger partial charge on any atom is 1.00 e. The summed E-state index contributed by atoms with van der Waals surface area (Å²) in [6.45, 7) is 0. The summed E-state index contributed by atoms with van der Waals surface area (Å²) in [7, 11) is 0. The second kappa shape index (κ2) is 8.83. The first kappa shape index (κ1) is 19.7. The van der Waals surface area contributed by atoms with Crippen LogP contribution < -0.4 is 0 Å². The van der Waals surface area contributed by atoms with Crippen LogP contribution in [-0.2, 0) is 22.4 Å². The first-order chi connectivity index (χ1) is 14.3. The van der Waals surface area contributed by atoms with E-state index in [1.165, 1.54) is 0 Å². The second-order valence-electron chi connectivity index (χ2n) is 6.42. The van der Waals surface area contributed by atoms with Crippen LogP contribution in [0.5, 0.6) is 0 Å². The molecule has 4 aromatic heterocycles. The van der Waals surface area contributed by atoms with Crippen LogP contribution in [0.15, 0.2) is 48.5 Å². The Bertz CT molecular complexity index is 1260. The number of hydrogen-bond acceptors (Lipinski definition) is 5. The third-order valence-corrected chi connectivity index (χ3v) is 4.28. The third kappa shape index (κ3) is 4.69. The van der Waals surface area contributed by atoms with Gasteiger partial charge in [-0.05, 0) is 72.8 Å². The van der Waals surface area contributed by atoms with E-state index < -0.39 is 0 Å². The van der Waals surface area contributed by atoms with Crippen molar-refractivity contribution < 1.29 is 22.4 Å². The molecule has 8 bridgehead atoms. The van der Waals surface area contributed by atoms with Gasteiger partial charge in [-0.25, -0.2) is 21.5 Å². The molecule has 0 fully saturated rings. The van der Waals surface area contributed by atoms with Gasteiger partial charge in [-0.15, -0.1) is 0 Å². The molecule has 2 aliphatic heterocycles. The summed E-state index contributed by atoms with van der Waals surface area (Å²) in [5, 5.41) is 11.8. The molecule has 0 unspecified atom stereocenters. The van der Waals surface area contributed by atoms with Crippen molar-refractivity contribution in [1.29, 1.82) is 0 Å². The second-order valence-corrected chi connectivity index (χ2v) is 6.42. The third-order valence-electron chi connectivity index (χ3n) is 4.28. The van der Waals surface area contributed by atoms with E-state index in [9.17, 15) is 0 Å². The van der Waals surface area contributed by atoms with Gasteiger partial charge in [0.2, 0.25) is 0 Å². The average Bonchev–Trinajstić information content (AvgIpc) is 3.50. The van der Waals surface area contributed by atoms with E-state index in [1.807, 2.05) is 42.5 Å². The van der Waals surface area contributed by atoms with E-state index in [-0.39, 0.29) is 22.4 Å². The molecule has 9 heteroatoms. The molecule has 0 radical (unpaired) electrons. The van der Waals surface area contributed by atoms with Crippen LogP contribution >= 0.6 is 0 Å². The Balaban J connectivity index is 0.000000321. The van der Waals surface area contributed by atoms with Crippen molar-refractivity contribution in [2.24, 2.45) is 0 Å². The molecule has 6 rings (SSSR count). The summed E-state index contributed by atoms with van der Waals surface area (Å²) >= 11 is 0. The largest absolute Gasteiger partial charge is 1.00 e. The Morgan fingerprint density at radius 2 is 1.07 bits per heavy atom. The van der Waals surface area contributed by atoms with E-state index >= 15 is 0 Å². The molecule has 0 aromatic carbocycles. The number of H-pyrrole nitrogens is 3. The van der Waals surface area contributed by atoms with Gasteiger partial charge < -0.3 is 20.2 Å². The zero-order chi connectivity index (χ0) is 19.5. The van der Waals surface area contributed by atoms with Crippen LogP contribution in [0.2, 0.25) is 0 Å². The number of hydrogen-bond donors (Lipinski definition) is 3. The summed E-state index contributed by atoms with van der Waals surface area (Å²) in [6.07, 6.45) is 10.2. The Labute approximate surface area is 186 Å². The Kier molecular flexibility index (Phi) is 5.80. The molecular weight excluding hydrogens is 561 g/mol. The van der Waals surface area contributed by atoms with Gasteiger partial charge in [-0.2, -0.15) is 0 Å². The van der Waals surface area contributed by atoms with E-state index in [0.717, 1.165) is 44.8 Å². The van der Waals surface area contributed by atoms with Crippen molar-refractivity contribution in [3.8, 4) is 0 Å². The van der Waals surface area contributed by atoms with Crippen molar-refractivity contribution in [3.05, 3.63) is 77.6 Å². The van der Waals surface area contributed by atoms with Crippen molar-refractivity contribution in [2.45, 2.75) is 0 Å². The fraction of sp³-hybridized carbons (Fsp3) is 0. The zero-order valence-electron chi connectivity index (χ0n) is 15.5. The molecule has 0 atom stereocenters. The standard InChI is InChI=1S/C20H14N4.CHN4.Au/c1-2-14-10-16-5-6-18(23-16)12-20-8-7-19(24-20)11-17-4-3-15(22-17)9-13(1)21-14;1-2-4-5-3-1;/h1-12,21-22H;(H,2,3,4,5);/q;-1;+1. The molecule has 30 heavy (non-hydrogen) atoms. The monoisotopic (exact) mass is 576 g/mol. The molecule has 0 spiro atoms. The number of rotatable bonds is 0. The maximum absolute atomic E-state index is 4.62. The first-order valence-electron chi connectivity index (χ1n) is 8.94. The van der Waals surface area contributed by atoms with Gasteiger partial charge in [0.25, 0.3) is 0 Å². The van der Waals surface area contributed by atoms with E-state index in [1.54, 1.807) is 0 Å². The quantitative estimate of drug-likeness (QED) is 0.189. The fourth-order valence-corrected chi connectivity index (χ4v) is 3.06. The first-order valence-corrected chi connectivity index (χ1v) is 8.94. The topological polar surface area (TPSA) is 112 Å². The van der Waals surface area contributed by atoms with Crippen LogP contribution in [-0.4, -0.2) is 40.6 Å². The van der Waals surface area contributed by atoms with Gasteiger partial charge in [0.15, 0.2) is 0 Å². The van der Waals surface area contributed by atoms with Crippen molar-refractivity contribution >= 4 is 46.4 Å². The molecule has 3 N–H and O–H groups in total. The summed E-state index contributed by atoms with van der Waals surface area (Å²) in [5.41, 5.74) is 7.86. The minimum Gasteiger partial charge on any atom is -0.357 e. The molecular formula is C21H15AuN8. The normalized spacial score (nSPS) is 11.5. The number of tetrazole rings is 1. The smallest absolute Gasteiger partial charge is 0.357 e. The summed E-state index contributed by atoms with van der Waals surface area (Å²) in [4.78, 5) is 16.0. The molecule has 150 valence electrons. The number of fused-ring (bicyclic) bond motifs is 8. The van der Waals surface area contributed by atoms with Crippen molar-refractivity contribution in [1.82, 2.24) is 40.6 Å². The van der Waals surface area contributed by atoms with Crippen molar-refractivity contribution in [2.75, 3.05) is 0 Å². The summed E-state index contributed by atoms with van der Waals surface area (Å²) in [5.74, 6) is 0. The molecule has 0 aliphatic carbocycles. The summed E-state index contributed by atoms with van der Waals surface area (Å²) < 4.78 is 0. The minimum absolute atomic E-state index is 0. The predicted molar refractivity (Wildman–Crippen MR) is 112 cm³/mol. The Morgan fingerprint density at radius 1 is 0.600 bits per heavy atom. The molecule has 0 saturated heterocycles. The predicted octanol–water partition coefficient (Wildman–Crippen LogP) is 3.65. The number of nitrogens with one attached hydrogen (secondary N) is 3. The molecule has 2 aliphatic rings. The van der Waals surface area contributed by atoms with Gasteiger partial charge in [0.1, 0.15) is 0 Å². The molecule has 0 amide bonds. The maximum atomic E-state index is 4.62. The van der Waals surface area contributed by atoms with E-state index in [0.29, 0.717) is 0 Å². The number of aromatic nitrogens is 8. The van der Waals surface area contributed by atoms with Crippen LogP contribution in [0.1, 0.15) is 22.8 Å².